The second kappa shape index (κ2) is 5.04. The average Bonchev–Trinajstić information content (AvgIpc) is 2.14. The van der Waals surface area contributed by atoms with Gasteiger partial charge in [-0.3, -0.25) is 0 Å². The van der Waals surface area contributed by atoms with Crippen molar-refractivity contribution in [1.29, 1.82) is 0 Å². The van der Waals surface area contributed by atoms with Crippen LogP contribution in [-0.2, 0) is 12.0 Å². The molecule has 0 aliphatic carbocycles. The van der Waals surface area contributed by atoms with Gasteiger partial charge in [-0.05, 0) is 29.0 Å². The van der Waals surface area contributed by atoms with E-state index in [1.807, 2.05) is 0 Å². The van der Waals surface area contributed by atoms with Gasteiger partial charge in [0, 0.05) is 12.4 Å². The Morgan fingerprint density at radius 1 is 1.27 bits per heavy atom. The van der Waals surface area contributed by atoms with Crippen LogP contribution in [0.2, 0.25) is 0 Å². The van der Waals surface area contributed by atoms with Crippen molar-refractivity contribution in [1.82, 2.24) is 5.32 Å². The van der Waals surface area contributed by atoms with Crippen LogP contribution in [0.5, 0.6) is 0 Å². The minimum Gasteiger partial charge on any atom is -0.304 e. The van der Waals surface area contributed by atoms with E-state index in [1.165, 1.54) is 16.7 Å². The lowest BCUT2D eigenvalue weighted by atomic mass is 9.85. The number of nitrogens with one attached hydrogen (secondary N) is 1. The first-order valence-electron chi connectivity index (χ1n) is 5.36. The molecular weight excluding hydrogens is 202 g/mol. The lowest BCUT2D eigenvalue weighted by molar-refractivity contribution is 0.589. The van der Waals surface area contributed by atoms with Crippen molar-refractivity contribution in [3.05, 3.63) is 34.9 Å². The zero-order valence-electron chi connectivity index (χ0n) is 10.1. The minimum absolute atomic E-state index is 0.236. The number of hydrogen-bond donors (Lipinski definition) is 2. The molecule has 0 bridgehead atoms. The van der Waals surface area contributed by atoms with Crippen LogP contribution in [0.25, 0.3) is 0 Å². The van der Waals surface area contributed by atoms with Gasteiger partial charge in [-0.2, -0.15) is 12.6 Å². The van der Waals surface area contributed by atoms with Crippen LogP contribution in [0.3, 0.4) is 0 Å². The Labute approximate surface area is 98.7 Å². The highest BCUT2D eigenvalue weighted by molar-refractivity contribution is 7.80. The summed E-state index contributed by atoms with van der Waals surface area (Å²) in [5.41, 5.74) is 4.35. The van der Waals surface area contributed by atoms with Gasteiger partial charge in [-0.25, -0.2) is 0 Å². The van der Waals surface area contributed by atoms with Crippen LogP contribution in [0.4, 0.5) is 0 Å². The van der Waals surface area contributed by atoms with Crippen LogP contribution in [0.1, 0.15) is 37.5 Å². The third-order valence-electron chi connectivity index (χ3n) is 2.64. The summed E-state index contributed by atoms with van der Waals surface area (Å²) in [7, 11) is 0. The third-order valence-corrected chi connectivity index (χ3v) is 2.86. The molecule has 0 saturated heterocycles. The van der Waals surface area contributed by atoms with Gasteiger partial charge in [0.05, 0.1) is 0 Å². The van der Waals surface area contributed by atoms with Gasteiger partial charge in [-0.15, -0.1) is 0 Å². The van der Waals surface area contributed by atoms with Crippen LogP contribution in [0.15, 0.2) is 18.2 Å². The van der Waals surface area contributed by atoms with Crippen molar-refractivity contribution in [2.75, 3.05) is 5.88 Å². The fourth-order valence-corrected chi connectivity index (χ4v) is 1.66. The van der Waals surface area contributed by atoms with Gasteiger partial charge in [0.2, 0.25) is 0 Å². The summed E-state index contributed by atoms with van der Waals surface area (Å²) in [5.74, 6) is 0.723. The molecule has 0 amide bonds. The predicted molar refractivity (Wildman–Crippen MR) is 70.6 cm³/mol. The molecule has 2 heteroatoms. The van der Waals surface area contributed by atoms with Gasteiger partial charge in [-0.1, -0.05) is 39.0 Å². The first-order chi connectivity index (χ1) is 6.95. The Balaban J connectivity index is 2.88. The van der Waals surface area contributed by atoms with E-state index >= 15 is 0 Å². The van der Waals surface area contributed by atoms with Crippen molar-refractivity contribution < 1.29 is 0 Å². The summed E-state index contributed by atoms with van der Waals surface area (Å²) >= 11 is 4.14. The first kappa shape index (κ1) is 12.6. The molecule has 0 aliphatic rings. The molecule has 84 valence electrons. The molecule has 0 heterocycles. The van der Waals surface area contributed by atoms with Gasteiger partial charge < -0.3 is 5.32 Å². The Hall–Kier alpha value is -0.470. The SMILES string of the molecule is Cc1cc(C(C)(C)C)ccc1CNCS. The molecule has 0 saturated carbocycles. The topological polar surface area (TPSA) is 12.0 Å². The van der Waals surface area contributed by atoms with Crippen molar-refractivity contribution >= 4 is 12.6 Å². The zero-order valence-corrected chi connectivity index (χ0v) is 11.0. The normalized spacial score (nSPS) is 11.8. The molecule has 1 aromatic rings. The van der Waals surface area contributed by atoms with Crippen molar-refractivity contribution in [2.45, 2.75) is 39.7 Å². The van der Waals surface area contributed by atoms with Gasteiger partial charge in [0.25, 0.3) is 0 Å². The predicted octanol–water partition coefficient (Wildman–Crippen LogP) is 3.27. The maximum Gasteiger partial charge on any atom is 0.0390 e. The molecule has 0 atom stereocenters. The second-order valence-corrected chi connectivity index (χ2v) is 5.29. The molecule has 1 nitrogen and oxygen atoms in total. The zero-order chi connectivity index (χ0) is 11.5. The fourth-order valence-electron chi connectivity index (χ4n) is 1.55. The molecular formula is C13H21NS. The summed E-state index contributed by atoms with van der Waals surface area (Å²) in [5, 5.41) is 3.23. The number of thiol groups is 1. The molecule has 15 heavy (non-hydrogen) atoms. The average molecular weight is 223 g/mol. The van der Waals surface area contributed by atoms with E-state index in [-0.39, 0.29) is 5.41 Å². The van der Waals surface area contributed by atoms with Crippen molar-refractivity contribution in [2.24, 2.45) is 0 Å². The highest BCUT2D eigenvalue weighted by atomic mass is 32.1. The standard InChI is InChI=1S/C13H21NS/c1-10-7-12(13(2,3)4)6-5-11(10)8-14-9-15/h5-7,14-15H,8-9H2,1-4H3. The molecule has 0 aliphatic heterocycles. The molecule has 0 radical (unpaired) electrons. The van der Waals surface area contributed by atoms with E-state index < -0.39 is 0 Å². The van der Waals surface area contributed by atoms with E-state index in [9.17, 15) is 0 Å². The van der Waals surface area contributed by atoms with Gasteiger partial charge in [0.15, 0.2) is 0 Å². The highest BCUT2D eigenvalue weighted by Gasteiger charge is 2.13. The molecule has 0 aromatic heterocycles. The summed E-state index contributed by atoms with van der Waals surface area (Å²) in [6, 6.07) is 6.73. The summed E-state index contributed by atoms with van der Waals surface area (Å²) in [4.78, 5) is 0. The smallest absolute Gasteiger partial charge is 0.0390 e. The van der Waals surface area contributed by atoms with Crippen LogP contribution >= 0.6 is 12.6 Å². The Morgan fingerprint density at radius 2 is 1.93 bits per heavy atom. The highest BCUT2D eigenvalue weighted by Crippen LogP contribution is 2.24. The largest absolute Gasteiger partial charge is 0.304 e. The molecule has 1 rings (SSSR count). The quantitative estimate of drug-likeness (QED) is 0.592. The Kier molecular flexibility index (Phi) is 4.23. The fraction of sp³-hybridized carbons (Fsp3) is 0.538. The summed E-state index contributed by atoms with van der Waals surface area (Å²) in [6.45, 7) is 9.80. The first-order valence-corrected chi connectivity index (χ1v) is 6.00. The minimum atomic E-state index is 0.236. The van der Waals surface area contributed by atoms with Crippen LogP contribution < -0.4 is 5.32 Å². The van der Waals surface area contributed by atoms with Gasteiger partial charge >= 0.3 is 0 Å². The molecule has 0 fully saturated rings. The van der Waals surface area contributed by atoms with Crippen LogP contribution in [0, 0.1) is 6.92 Å². The van der Waals surface area contributed by atoms with Crippen LogP contribution in [-0.4, -0.2) is 5.88 Å². The second-order valence-electron chi connectivity index (χ2n) is 4.98. The van der Waals surface area contributed by atoms with E-state index in [0.717, 1.165) is 12.4 Å². The van der Waals surface area contributed by atoms with E-state index in [1.54, 1.807) is 0 Å². The maximum absolute atomic E-state index is 4.14. The van der Waals surface area contributed by atoms with Gasteiger partial charge in [0.1, 0.15) is 0 Å². The number of aryl methyl sites for hydroxylation is 1. The van der Waals surface area contributed by atoms with Crippen molar-refractivity contribution in [3.8, 4) is 0 Å². The van der Waals surface area contributed by atoms with E-state index in [0.29, 0.717) is 0 Å². The third kappa shape index (κ3) is 3.54. The van der Waals surface area contributed by atoms with E-state index in [2.05, 4.69) is 63.8 Å². The summed E-state index contributed by atoms with van der Waals surface area (Å²) in [6.07, 6.45) is 0. The Morgan fingerprint density at radius 3 is 2.40 bits per heavy atom. The van der Waals surface area contributed by atoms with E-state index in [4.69, 9.17) is 0 Å². The Bertz CT molecular complexity index is 326. The summed E-state index contributed by atoms with van der Waals surface area (Å²) < 4.78 is 0. The molecule has 0 spiro atoms. The number of hydrogen-bond acceptors (Lipinski definition) is 2. The number of benzene rings is 1. The maximum atomic E-state index is 4.14. The lowest BCUT2D eigenvalue weighted by Gasteiger charge is -2.20. The monoisotopic (exact) mass is 223 g/mol. The van der Waals surface area contributed by atoms with Crippen molar-refractivity contribution in [3.63, 3.8) is 0 Å². The number of rotatable bonds is 3. The molecule has 0 unspecified atom stereocenters. The molecule has 1 aromatic carbocycles. The molecule has 1 N–H and O–H groups in total. The lowest BCUT2D eigenvalue weighted by Crippen LogP contribution is -2.14.